The molecular weight excluding hydrogens is 496 g/mol. The van der Waals surface area contributed by atoms with Crippen molar-refractivity contribution < 1.29 is 14.0 Å². The van der Waals surface area contributed by atoms with Crippen molar-refractivity contribution in [2.45, 2.75) is 46.7 Å². The van der Waals surface area contributed by atoms with Crippen LogP contribution < -0.4 is 5.43 Å². The first-order valence-corrected chi connectivity index (χ1v) is 13.8. The standard InChI is InChI=1S/C31H34N2O4S/c1-22(2)13-14-32(29(34)17-26-10-7-15-38-26)20-30(35)33(18-24-8-5-4-6-9-24)19-25-21-37-28-12-11-23(3)16-27(28)31(25)36/h4-12,15-16,21-22H,13-14,17-20H2,1-3H3. The molecule has 7 heteroatoms. The van der Waals surface area contributed by atoms with Crippen molar-refractivity contribution in [1.82, 2.24) is 9.80 Å². The lowest BCUT2D eigenvalue weighted by molar-refractivity contribution is -0.141. The molecule has 0 saturated carbocycles. The fourth-order valence-corrected chi connectivity index (χ4v) is 4.98. The van der Waals surface area contributed by atoms with E-state index in [0.29, 0.717) is 35.5 Å². The van der Waals surface area contributed by atoms with Gasteiger partial charge in [-0.25, -0.2) is 0 Å². The Morgan fingerprint density at radius 1 is 0.947 bits per heavy atom. The Morgan fingerprint density at radius 2 is 1.74 bits per heavy atom. The number of nitrogens with zero attached hydrogens (tertiary/aromatic N) is 2. The Balaban J connectivity index is 1.60. The zero-order chi connectivity index (χ0) is 27.1. The molecule has 0 atom stereocenters. The minimum absolute atomic E-state index is 0.0399. The molecule has 0 aliphatic heterocycles. The largest absolute Gasteiger partial charge is 0.464 e. The van der Waals surface area contributed by atoms with Crippen molar-refractivity contribution in [2.75, 3.05) is 13.1 Å². The molecule has 38 heavy (non-hydrogen) atoms. The van der Waals surface area contributed by atoms with Crippen molar-refractivity contribution in [1.29, 1.82) is 0 Å². The lowest BCUT2D eigenvalue weighted by Crippen LogP contribution is -2.44. The van der Waals surface area contributed by atoms with E-state index < -0.39 is 0 Å². The molecule has 198 valence electrons. The molecule has 0 fully saturated rings. The van der Waals surface area contributed by atoms with Crippen molar-refractivity contribution >= 4 is 34.1 Å². The van der Waals surface area contributed by atoms with E-state index in [4.69, 9.17) is 4.42 Å². The molecule has 2 aromatic carbocycles. The lowest BCUT2D eigenvalue weighted by atomic mass is 10.1. The summed E-state index contributed by atoms with van der Waals surface area (Å²) in [6, 6.07) is 19.0. The van der Waals surface area contributed by atoms with E-state index >= 15 is 0 Å². The van der Waals surface area contributed by atoms with Crippen LogP contribution in [-0.2, 0) is 29.1 Å². The number of carbonyl (C=O) groups is 2. The Morgan fingerprint density at radius 3 is 2.45 bits per heavy atom. The second kappa shape index (κ2) is 12.7. The highest BCUT2D eigenvalue weighted by Gasteiger charge is 2.23. The van der Waals surface area contributed by atoms with Crippen LogP contribution in [0.2, 0.25) is 0 Å². The topological polar surface area (TPSA) is 70.8 Å². The van der Waals surface area contributed by atoms with Crippen LogP contribution in [-0.4, -0.2) is 34.7 Å². The second-order valence-electron chi connectivity index (χ2n) is 10.1. The fourth-order valence-electron chi connectivity index (χ4n) is 4.28. The van der Waals surface area contributed by atoms with Gasteiger partial charge in [-0.1, -0.05) is 61.9 Å². The summed E-state index contributed by atoms with van der Waals surface area (Å²) in [5.41, 5.74) is 2.69. The van der Waals surface area contributed by atoms with E-state index in [9.17, 15) is 14.4 Å². The number of benzene rings is 2. The zero-order valence-corrected chi connectivity index (χ0v) is 23.0. The first-order valence-electron chi connectivity index (χ1n) is 12.9. The van der Waals surface area contributed by atoms with E-state index in [1.165, 1.54) is 17.6 Å². The summed E-state index contributed by atoms with van der Waals surface area (Å²) in [6.07, 6.45) is 2.52. The molecule has 4 rings (SSSR count). The smallest absolute Gasteiger partial charge is 0.242 e. The summed E-state index contributed by atoms with van der Waals surface area (Å²) in [5, 5.41) is 2.45. The van der Waals surface area contributed by atoms with E-state index in [1.807, 2.05) is 66.9 Å². The number of carbonyl (C=O) groups excluding carboxylic acids is 2. The lowest BCUT2D eigenvalue weighted by Gasteiger charge is -2.28. The number of hydrogen-bond donors (Lipinski definition) is 0. The van der Waals surface area contributed by atoms with Gasteiger partial charge >= 0.3 is 0 Å². The average Bonchev–Trinajstić information content (AvgIpc) is 3.41. The Bertz CT molecular complexity index is 1430. The van der Waals surface area contributed by atoms with Gasteiger partial charge in [0, 0.05) is 18.0 Å². The summed E-state index contributed by atoms with van der Waals surface area (Å²) in [7, 11) is 0. The molecule has 0 radical (unpaired) electrons. The third-order valence-electron chi connectivity index (χ3n) is 6.49. The van der Waals surface area contributed by atoms with Gasteiger partial charge in [-0.2, -0.15) is 0 Å². The predicted molar refractivity (Wildman–Crippen MR) is 152 cm³/mol. The molecule has 2 heterocycles. The summed E-state index contributed by atoms with van der Waals surface area (Å²) < 4.78 is 5.75. The molecule has 0 aliphatic rings. The highest BCUT2D eigenvalue weighted by molar-refractivity contribution is 7.10. The van der Waals surface area contributed by atoms with Crippen molar-refractivity contribution in [3.05, 3.63) is 104 Å². The number of hydrogen-bond acceptors (Lipinski definition) is 5. The molecule has 0 N–H and O–H groups in total. The van der Waals surface area contributed by atoms with Crippen LogP contribution in [0.1, 0.15) is 41.8 Å². The van der Waals surface area contributed by atoms with Crippen LogP contribution in [0.5, 0.6) is 0 Å². The molecule has 6 nitrogen and oxygen atoms in total. The van der Waals surface area contributed by atoms with Crippen LogP contribution in [0.4, 0.5) is 0 Å². The quantitative estimate of drug-likeness (QED) is 0.245. The van der Waals surface area contributed by atoms with Gasteiger partial charge in [0.2, 0.25) is 11.8 Å². The number of amides is 2. The van der Waals surface area contributed by atoms with Crippen molar-refractivity contribution in [3.63, 3.8) is 0 Å². The van der Waals surface area contributed by atoms with E-state index in [2.05, 4.69) is 13.8 Å². The van der Waals surface area contributed by atoms with E-state index in [0.717, 1.165) is 22.4 Å². The highest BCUT2D eigenvalue weighted by Crippen LogP contribution is 2.17. The molecule has 2 aromatic heterocycles. The Labute approximate surface area is 227 Å². The zero-order valence-electron chi connectivity index (χ0n) is 22.2. The Kier molecular flexibility index (Phi) is 9.13. The highest BCUT2D eigenvalue weighted by atomic mass is 32.1. The molecule has 0 bridgehead atoms. The minimum Gasteiger partial charge on any atom is -0.464 e. The first kappa shape index (κ1) is 27.3. The SMILES string of the molecule is Cc1ccc2occ(CN(Cc3ccccc3)C(=O)CN(CCC(C)C)C(=O)Cc3cccs3)c(=O)c2c1. The number of thiophene rings is 1. The van der Waals surface area contributed by atoms with Crippen LogP contribution in [0.15, 0.2) is 81.5 Å². The molecule has 2 amide bonds. The maximum Gasteiger partial charge on any atom is 0.242 e. The minimum atomic E-state index is -0.208. The maximum absolute atomic E-state index is 13.7. The summed E-state index contributed by atoms with van der Waals surface area (Å²) in [5.74, 6) is 0.121. The van der Waals surface area contributed by atoms with Crippen LogP contribution >= 0.6 is 11.3 Å². The molecule has 0 unspecified atom stereocenters. The number of aryl methyl sites for hydroxylation is 1. The average molecular weight is 531 g/mol. The summed E-state index contributed by atoms with van der Waals surface area (Å²) >= 11 is 1.54. The van der Waals surface area contributed by atoms with Gasteiger partial charge < -0.3 is 14.2 Å². The normalized spacial score (nSPS) is 11.2. The fraction of sp³-hybridized carbons (Fsp3) is 0.323. The molecule has 4 aromatic rings. The van der Waals surface area contributed by atoms with Gasteiger partial charge in [-0.15, -0.1) is 11.3 Å². The third-order valence-corrected chi connectivity index (χ3v) is 7.37. The van der Waals surface area contributed by atoms with Crippen molar-refractivity contribution in [3.8, 4) is 0 Å². The van der Waals surface area contributed by atoms with Crippen LogP contribution in [0.3, 0.4) is 0 Å². The van der Waals surface area contributed by atoms with E-state index in [-0.39, 0.29) is 36.8 Å². The van der Waals surface area contributed by atoms with Crippen LogP contribution in [0.25, 0.3) is 11.0 Å². The first-order chi connectivity index (χ1) is 18.3. The summed E-state index contributed by atoms with van der Waals surface area (Å²) in [4.78, 5) is 44.6. The van der Waals surface area contributed by atoms with Gasteiger partial charge in [0.25, 0.3) is 0 Å². The van der Waals surface area contributed by atoms with Gasteiger partial charge in [0.15, 0.2) is 5.43 Å². The molecule has 0 saturated heterocycles. The number of rotatable bonds is 11. The number of fused-ring (bicyclic) bond motifs is 1. The van der Waals surface area contributed by atoms with Crippen LogP contribution in [0, 0.1) is 12.8 Å². The maximum atomic E-state index is 13.7. The monoisotopic (exact) mass is 530 g/mol. The predicted octanol–water partition coefficient (Wildman–Crippen LogP) is 5.81. The van der Waals surface area contributed by atoms with Crippen molar-refractivity contribution in [2.24, 2.45) is 5.92 Å². The van der Waals surface area contributed by atoms with Gasteiger partial charge in [0.1, 0.15) is 5.58 Å². The Hall–Kier alpha value is -3.71. The van der Waals surface area contributed by atoms with Gasteiger partial charge in [-0.05, 0) is 48.4 Å². The second-order valence-corrected chi connectivity index (χ2v) is 11.1. The van der Waals surface area contributed by atoms with Gasteiger partial charge in [0.05, 0.1) is 36.7 Å². The van der Waals surface area contributed by atoms with E-state index in [1.54, 1.807) is 15.9 Å². The molecular formula is C31H34N2O4S. The molecule has 0 aliphatic carbocycles. The third kappa shape index (κ3) is 7.19. The molecule has 0 spiro atoms. The summed E-state index contributed by atoms with van der Waals surface area (Å²) in [6.45, 7) is 7.01. The van der Waals surface area contributed by atoms with Gasteiger partial charge in [-0.3, -0.25) is 14.4 Å².